The van der Waals surface area contributed by atoms with Crippen molar-refractivity contribution in [2.75, 3.05) is 5.43 Å². The Morgan fingerprint density at radius 1 is 1.36 bits per heavy atom. The third kappa shape index (κ3) is 2.95. The van der Waals surface area contributed by atoms with Gasteiger partial charge in [0, 0.05) is 6.72 Å². The van der Waals surface area contributed by atoms with Gasteiger partial charge in [0.2, 0.25) is 0 Å². The Morgan fingerprint density at radius 2 is 2.07 bits per heavy atom. The van der Waals surface area contributed by atoms with Crippen LogP contribution in [-0.2, 0) is 0 Å². The SMILES string of the molecule is C=NN/C=N/Nc1ccc(C#N)cc1. The highest BCUT2D eigenvalue weighted by Crippen LogP contribution is 2.07. The second-order valence-corrected chi connectivity index (χ2v) is 2.35. The molecule has 14 heavy (non-hydrogen) atoms. The highest BCUT2D eigenvalue weighted by atomic mass is 15.4. The first-order valence-corrected chi connectivity index (χ1v) is 3.86. The number of hydrogen-bond donors (Lipinski definition) is 2. The van der Waals surface area contributed by atoms with E-state index in [0.29, 0.717) is 5.56 Å². The molecule has 0 aromatic heterocycles. The molecule has 0 amide bonds. The molecule has 0 bridgehead atoms. The molecule has 0 saturated heterocycles. The maximum atomic E-state index is 8.55. The summed E-state index contributed by atoms with van der Waals surface area (Å²) < 4.78 is 0. The van der Waals surface area contributed by atoms with Crippen LogP contribution in [0.5, 0.6) is 0 Å². The van der Waals surface area contributed by atoms with Crippen molar-refractivity contribution in [1.29, 1.82) is 5.26 Å². The average molecular weight is 187 g/mol. The quantitative estimate of drug-likeness (QED) is 0.421. The van der Waals surface area contributed by atoms with E-state index in [9.17, 15) is 0 Å². The molecule has 0 spiro atoms. The lowest BCUT2D eigenvalue weighted by molar-refractivity contribution is 1.06. The van der Waals surface area contributed by atoms with E-state index in [-0.39, 0.29) is 0 Å². The van der Waals surface area contributed by atoms with Gasteiger partial charge in [0.15, 0.2) is 0 Å². The Balaban J connectivity index is 2.52. The summed E-state index contributed by atoms with van der Waals surface area (Å²) in [5.74, 6) is 0. The molecule has 1 rings (SSSR count). The predicted octanol–water partition coefficient (Wildman–Crippen LogP) is 1.12. The molecule has 70 valence electrons. The number of nitrogens with one attached hydrogen (secondary N) is 2. The fourth-order valence-electron chi connectivity index (χ4n) is 0.796. The van der Waals surface area contributed by atoms with Crippen molar-refractivity contribution in [2.45, 2.75) is 0 Å². The van der Waals surface area contributed by atoms with Gasteiger partial charge < -0.3 is 0 Å². The normalized spacial score (nSPS) is 9.36. The molecule has 0 fully saturated rings. The third-order valence-corrected chi connectivity index (χ3v) is 1.42. The van der Waals surface area contributed by atoms with Crippen molar-refractivity contribution < 1.29 is 0 Å². The molecule has 0 heterocycles. The van der Waals surface area contributed by atoms with Crippen LogP contribution >= 0.6 is 0 Å². The molecule has 1 aromatic carbocycles. The van der Waals surface area contributed by atoms with Gasteiger partial charge in [0.25, 0.3) is 0 Å². The molecule has 0 aliphatic heterocycles. The fourth-order valence-corrected chi connectivity index (χ4v) is 0.796. The molecule has 5 nitrogen and oxygen atoms in total. The molecule has 2 N–H and O–H groups in total. The molecular formula is C9H9N5. The molecule has 0 atom stereocenters. The van der Waals surface area contributed by atoms with E-state index in [0.717, 1.165) is 5.69 Å². The molecule has 0 aliphatic carbocycles. The summed E-state index contributed by atoms with van der Waals surface area (Å²) in [5.41, 5.74) is 6.60. The molecule has 5 heteroatoms. The number of nitrogens with zero attached hydrogens (tertiary/aromatic N) is 3. The summed E-state index contributed by atoms with van der Waals surface area (Å²) in [6, 6.07) is 8.96. The smallest absolute Gasteiger partial charge is 0.129 e. The van der Waals surface area contributed by atoms with Gasteiger partial charge in [0.05, 0.1) is 17.3 Å². The van der Waals surface area contributed by atoms with Crippen LogP contribution in [0.25, 0.3) is 0 Å². The van der Waals surface area contributed by atoms with Crippen LogP contribution in [0.4, 0.5) is 5.69 Å². The Morgan fingerprint density at radius 3 is 2.64 bits per heavy atom. The molecule has 1 aromatic rings. The van der Waals surface area contributed by atoms with Crippen LogP contribution in [0.2, 0.25) is 0 Å². The van der Waals surface area contributed by atoms with E-state index in [1.54, 1.807) is 24.3 Å². The highest BCUT2D eigenvalue weighted by molar-refractivity contribution is 5.57. The summed E-state index contributed by atoms with van der Waals surface area (Å²) in [4.78, 5) is 0. The molecule has 0 unspecified atom stereocenters. The van der Waals surface area contributed by atoms with Crippen LogP contribution in [0.15, 0.2) is 34.5 Å². The molecular weight excluding hydrogens is 178 g/mol. The van der Waals surface area contributed by atoms with Crippen molar-refractivity contribution >= 4 is 18.7 Å². The predicted molar refractivity (Wildman–Crippen MR) is 56.0 cm³/mol. The van der Waals surface area contributed by atoms with E-state index in [4.69, 9.17) is 5.26 Å². The first-order valence-electron chi connectivity index (χ1n) is 3.86. The molecule has 0 aliphatic rings. The molecule has 0 radical (unpaired) electrons. The fraction of sp³-hybridized carbons (Fsp3) is 0. The second kappa shape index (κ2) is 5.32. The zero-order valence-corrected chi connectivity index (χ0v) is 7.44. The molecule has 0 saturated carbocycles. The van der Waals surface area contributed by atoms with Crippen molar-refractivity contribution in [3.63, 3.8) is 0 Å². The van der Waals surface area contributed by atoms with Crippen LogP contribution in [0.3, 0.4) is 0 Å². The van der Waals surface area contributed by atoms with Crippen molar-refractivity contribution in [2.24, 2.45) is 10.2 Å². The Labute approximate surface area is 81.7 Å². The lowest BCUT2D eigenvalue weighted by Gasteiger charge is -1.98. The Hall–Kier alpha value is -2.35. The minimum atomic E-state index is 0.616. The lowest BCUT2D eigenvalue weighted by Crippen LogP contribution is -2.01. The topological polar surface area (TPSA) is 72.6 Å². The van der Waals surface area contributed by atoms with E-state index >= 15 is 0 Å². The first-order chi connectivity index (χ1) is 6.86. The van der Waals surface area contributed by atoms with Gasteiger partial charge in [-0.2, -0.15) is 15.5 Å². The number of rotatable bonds is 4. The van der Waals surface area contributed by atoms with Crippen molar-refractivity contribution in [1.82, 2.24) is 5.43 Å². The number of benzene rings is 1. The summed E-state index contributed by atoms with van der Waals surface area (Å²) in [6.45, 7) is 3.21. The maximum absolute atomic E-state index is 8.55. The van der Waals surface area contributed by atoms with Gasteiger partial charge in [-0.25, -0.2) is 0 Å². The van der Waals surface area contributed by atoms with Crippen LogP contribution < -0.4 is 10.9 Å². The maximum Gasteiger partial charge on any atom is 0.129 e. The summed E-state index contributed by atoms with van der Waals surface area (Å²) in [5, 5.41) is 15.7. The van der Waals surface area contributed by atoms with E-state index in [1.165, 1.54) is 6.34 Å². The lowest BCUT2D eigenvalue weighted by atomic mass is 10.2. The largest absolute Gasteiger partial charge is 0.277 e. The van der Waals surface area contributed by atoms with E-state index in [2.05, 4.69) is 27.8 Å². The summed E-state index contributed by atoms with van der Waals surface area (Å²) in [7, 11) is 0. The van der Waals surface area contributed by atoms with Gasteiger partial charge in [-0.1, -0.05) is 0 Å². The Kier molecular flexibility index (Phi) is 3.70. The standard InChI is InChI=1S/C9H9N5/c1-11-12-7-13-14-9-4-2-8(6-10)3-5-9/h2-5,7,14H,1H2,(H,12,13). The van der Waals surface area contributed by atoms with Crippen LogP contribution in [0.1, 0.15) is 5.56 Å². The van der Waals surface area contributed by atoms with Gasteiger partial charge in [-0.05, 0) is 24.3 Å². The van der Waals surface area contributed by atoms with Gasteiger partial charge in [-0.15, -0.1) is 0 Å². The number of hydrogen-bond acceptors (Lipinski definition) is 4. The zero-order valence-electron chi connectivity index (χ0n) is 7.44. The van der Waals surface area contributed by atoms with Crippen molar-refractivity contribution in [3.8, 4) is 6.07 Å². The number of nitriles is 1. The summed E-state index contributed by atoms with van der Waals surface area (Å²) in [6.07, 6.45) is 1.37. The van der Waals surface area contributed by atoms with E-state index in [1.807, 2.05) is 6.07 Å². The zero-order chi connectivity index (χ0) is 10.2. The van der Waals surface area contributed by atoms with Crippen molar-refractivity contribution in [3.05, 3.63) is 29.8 Å². The Bertz CT molecular complexity index is 360. The van der Waals surface area contributed by atoms with Gasteiger partial charge in [0.1, 0.15) is 6.34 Å². The first kappa shape index (κ1) is 9.74. The van der Waals surface area contributed by atoms with Gasteiger partial charge >= 0.3 is 0 Å². The summed E-state index contributed by atoms with van der Waals surface area (Å²) >= 11 is 0. The van der Waals surface area contributed by atoms with E-state index < -0.39 is 0 Å². The minimum Gasteiger partial charge on any atom is -0.277 e. The highest BCUT2D eigenvalue weighted by Gasteiger charge is 1.89. The van der Waals surface area contributed by atoms with Crippen LogP contribution in [-0.4, -0.2) is 13.1 Å². The van der Waals surface area contributed by atoms with Crippen LogP contribution in [0, 0.1) is 11.3 Å². The second-order valence-electron chi connectivity index (χ2n) is 2.35. The average Bonchev–Trinajstić information content (AvgIpc) is 2.25. The van der Waals surface area contributed by atoms with Gasteiger partial charge in [-0.3, -0.25) is 10.9 Å². The number of hydrazone groups is 2. The number of anilines is 1. The monoisotopic (exact) mass is 187 g/mol. The third-order valence-electron chi connectivity index (χ3n) is 1.42. The minimum absolute atomic E-state index is 0.616.